The van der Waals surface area contributed by atoms with Gasteiger partial charge in [0.05, 0.1) is 5.69 Å². The molecule has 1 amide bonds. The first-order chi connectivity index (χ1) is 9.81. The highest BCUT2D eigenvalue weighted by atomic mass is 16.6. The van der Waals surface area contributed by atoms with Crippen molar-refractivity contribution in [2.24, 2.45) is 0 Å². The number of rotatable bonds is 0. The van der Waals surface area contributed by atoms with Gasteiger partial charge in [-0.25, -0.2) is 9.48 Å². The first kappa shape index (κ1) is 14.1. The maximum Gasteiger partial charge on any atom is 0.410 e. The van der Waals surface area contributed by atoms with Crippen molar-refractivity contribution in [3.8, 4) is 0 Å². The van der Waals surface area contributed by atoms with Gasteiger partial charge in [0.1, 0.15) is 5.60 Å². The van der Waals surface area contributed by atoms with Crippen LogP contribution in [0.15, 0.2) is 12.3 Å². The van der Waals surface area contributed by atoms with E-state index in [1.807, 2.05) is 26.8 Å². The molecule has 6 heteroatoms. The third-order valence-corrected chi connectivity index (χ3v) is 4.28. The van der Waals surface area contributed by atoms with E-state index in [4.69, 9.17) is 4.74 Å². The summed E-state index contributed by atoms with van der Waals surface area (Å²) in [4.78, 5) is 25.8. The van der Waals surface area contributed by atoms with Crippen LogP contribution >= 0.6 is 0 Å². The van der Waals surface area contributed by atoms with Crippen LogP contribution in [0.5, 0.6) is 0 Å². The van der Waals surface area contributed by atoms with Crippen LogP contribution in [0.4, 0.5) is 4.79 Å². The molecule has 2 aliphatic heterocycles. The molecule has 3 rings (SSSR count). The third kappa shape index (κ3) is 2.43. The first-order valence-electron chi connectivity index (χ1n) is 7.36. The number of hydrogen-bond acceptors (Lipinski definition) is 4. The van der Waals surface area contributed by atoms with Crippen LogP contribution in [0.25, 0.3) is 0 Å². The number of fused-ring (bicyclic) bond motifs is 2. The van der Waals surface area contributed by atoms with Crippen molar-refractivity contribution in [3.05, 3.63) is 18.0 Å². The second-order valence-corrected chi connectivity index (χ2v) is 6.95. The smallest absolute Gasteiger partial charge is 0.410 e. The minimum absolute atomic E-state index is 0.0562. The van der Waals surface area contributed by atoms with E-state index in [0.29, 0.717) is 19.5 Å². The monoisotopic (exact) mass is 291 g/mol. The molecule has 1 spiro atoms. The molecule has 0 atom stereocenters. The Morgan fingerprint density at radius 3 is 2.62 bits per heavy atom. The van der Waals surface area contributed by atoms with Crippen molar-refractivity contribution in [1.29, 1.82) is 0 Å². The summed E-state index contributed by atoms with van der Waals surface area (Å²) >= 11 is 0. The molecule has 3 heterocycles. The van der Waals surface area contributed by atoms with Gasteiger partial charge in [-0.05, 0) is 39.7 Å². The van der Waals surface area contributed by atoms with Crippen LogP contribution in [0.2, 0.25) is 0 Å². The number of amides is 1. The number of carbonyl (C=O) groups excluding carboxylic acids is 2. The molecule has 0 aromatic carbocycles. The number of nitrogens with zero attached hydrogens (tertiary/aromatic N) is 3. The largest absolute Gasteiger partial charge is 0.444 e. The molecular weight excluding hydrogens is 270 g/mol. The molecule has 114 valence electrons. The van der Waals surface area contributed by atoms with Crippen LogP contribution in [0.3, 0.4) is 0 Å². The topological polar surface area (TPSA) is 64.4 Å². The molecule has 1 aromatic heterocycles. The van der Waals surface area contributed by atoms with Crippen LogP contribution < -0.4 is 0 Å². The second kappa shape index (κ2) is 4.58. The Labute approximate surface area is 124 Å². The molecule has 6 nitrogen and oxygen atoms in total. The number of ether oxygens (including phenoxy) is 1. The molecule has 0 unspecified atom stereocenters. The molecule has 0 saturated carbocycles. The highest BCUT2D eigenvalue weighted by Gasteiger charge is 2.47. The Hall–Kier alpha value is -1.85. The van der Waals surface area contributed by atoms with Crippen molar-refractivity contribution in [3.63, 3.8) is 0 Å². The molecule has 0 N–H and O–H groups in total. The summed E-state index contributed by atoms with van der Waals surface area (Å²) in [5.41, 5.74) is 0.372. The number of piperidine rings is 1. The standard InChI is InChI=1S/C15H21N3O3/c1-14(2,3)21-13(20)17-8-5-15(6-9-17)10-12(19)18-11(15)4-7-16-18/h4,7H,5-6,8-10H2,1-3H3. The zero-order valence-corrected chi connectivity index (χ0v) is 12.8. The number of likely N-dealkylation sites (tertiary alicyclic amines) is 1. The van der Waals surface area contributed by atoms with Crippen LogP contribution in [-0.2, 0) is 10.2 Å². The fourth-order valence-electron chi connectivity index (χ4n) is 3.24. The normalized spacial score (nSPS) is 20.7. The summed E-state index contributed by atoms with van der Waals surface area (Å²) in [6.45, 7) is 6.83. The average Bonchev–Trinajstić information content (AvgIpc) is 2.94. The van der Waals surface area contributed by atoms with Crippen molar-refractivity contribution in [2.75, 3.05) is 13.1 Å². The predicted octanol–water partition coefficient (Wildman–Crippen LogP) is 2.20. The van der Waals surface area contributed by atoms with Crippen molar-refractivity contribution in [2.45, 2.75) is 51.0 Å². The quantitative estimate of drug-likeness (QED) is 0.735. The highest BCUT2D eigenvalue weighted by Crippen LogP contribution is 2.43. The van der Waals surface area contributed by atoms with Crippen LogP contribution in [0, 0.1) is 0 Å². The lowest BCUT2D eigenvalue weighted by atomic mass is 9.75. The lowest BCUT2D eigenvalue weighted by Gasteiger charge is -2.38. The first-order valence-corrected chi connectivity index (χ1v) is 7.36. The van der Waals surface area contributed by atoms with Crippen LogP contribution in [-0.4, -0.2) is 45.4 Å². The summed E-state index contributed by atoms with van der Waals surface area (Å²) in [7, 11) is 0. The molecule has 0 bridgehead atoms. The van der Waals surface area contributed by atoms with E-state index in [-0.39, 0.29) is 17.4 Å². The molecule has 0 radical (unpaired) electrons. The number of carbonyl (C=O) groups is 2. The third-order valence-electron chi connectivity index (χ3n) is 4.28. The minimum Gasteiger partial charge on any atom is -0.444 e. The van der Waals surface area contributed by atoms with Gasteiger partial charge in [0.15, 0.2) is 0 Å². The van der Waals surface area contributed by atoms with Gasteiger partial charge in [-0.1, -0.05) is 0 Å². The van der Waals surface area contributed by atoms with Gasteiger partial charge in [0.25, 0.3) is 0 Å². The molecule has 1 saturated heterocycles. The van der Waals surface area contributed by atoms with E-state index >= 15 is 0 Å². The Morgan fingerprint density at radius 2 is 2.00 bits per heavy atom. The van der Waals surface area contributed by atoms with Gasteiger partial charge < -0.3 is 9.64 Å². The fraction of sp³-hybridized carbons (Fsp3) is 0.667. The lowest BCUT2D eigenvalue weighted by Crippen LogP contribution is -2.46. The van der Waals surface area contributed by atoms with Gasteiger partial charge in [0.2, 0.25) is 5.91 Å². The summed E-state index contributed by atoms with van der Waals surface area (Å²) in [6.07, 6.45) is 3.47. The molecule has 1 aromatic rings. The van der Waals surface area contributed by atoms with E-state index in [1.54, 1.807) is 11.1 Å². The van der Waals surface area contributed by atoms with E-state index < -0.39 is 5.60 Å². The Balaban J connectivity index is 1.69. The van der Waals surface area contributed by atoms with Crippen molar-refractivity contribution < 1.29 is 14.3 Å². The lowest BCUT2D eigenvalue weighted by molar-refractivity contribution is 0.0165. The molecular formula is C15H21N3O3. The maximum absolute atomic E-state index is 12.1. The Morgan fingerprint density at radius 1 is 1.33 bits per heavy atom. The average molecular weight is 291 g/mol. The summed E-state index contributed by atoms with van der Waals surface area (Å²) in [5.74, 6) is 0.0562. The SMILES string of the molecule is CC(C)(C)OC(=O)N1CCC2(CC1)CC(=O)n1nccc12. The predicted molar refractivity (Wildman–Crippen MR) is 76.2 cm³/mol. The van der Waals surface area contributed by atoms with E-state index in [2.05, 4.69) is 5.10 Å². The zero-order chi connectivity index (χ0) is 15.3. The molecule has 1 fully saturated rings. The summed E-state index contributed by atoms with van der Waals surface area (Å²) < 4.78 is 6.92. The maximum atomic E-state index is 12.1. The minimum atomic E-state index is -0.478. The zero-order valence-electron chi connectivity index (χ0n) is 12.8. The van der Waals surface area contributed by atoms with Gasteiger partial charge in [0, 0.05) is 31.1 Å². The van der Waals surface area contributed by atoms with Gasteiger partial charge >= 0.3 is 6.09 Å². The summed E-state index contributed by atoms with van der Waals surface area (Å²) in [5, 5.41) is 4.09. The molecule has 21 heavy (non-hydrogen) atoms. The molecule has 0 aliphatic carbocycles. The van der Waals surface area contributed by atoms with Crippen molar-refractivity contribution >= 4 is 12.0 Å². The van der Waals surface area contributed by atoms with Crippen LogP contribution in [0.1, 0.15) is 50.5 Å². The fourth-order valence-corrected chi connectivity index (χ4v) is 3.24. The number of aromatic nitrogens is 2. The van der Waals surface area contributed by atoms with Gasteiger partial charge in [-0.2, -0.15) is 5.10 Å². The van der Waals surface area contributed by atoms with E-state index in [0.717, 1.165) is 18.5 Å². The molecule has 2 aliphatic rings. The van der Waals surface area contributed by atoms with Gasteiger partial charge in [-0.3, -0.25) is 4.79 Å². The van der Waals surface area contributed by atoms with E-state index in [9.17, 15) is 9.59 Å². The highest BCUT2D eigenvalue weighted by molar-refractivity contribution is 5.84. The van der Waals surface area contributed by atoms with Crippen molar-refractivity contribution in [1.82, 2.24) is 14.7 Å². The Kier molecular flexibility index (Phi) is 3.07. The van der Waals surface area contributed by atoms with Gasteiger partial charge in [-0.15, -0.1) is 0 Å². The van der Waals surface area contributed by atoms with E-state index in [1.165, 1.54) is 4.68 Å². The second-order valence-electron chi connectivity index (χ2n) is 6.95. The number of hydrogen-bond donors (Lipinski definition) is 0. The Bertz CT molecular complexity index is 577. The summed E-state index contributed by atoms with van der Waals surface area (Å²) in [6, 6.07) is 1.92.